The molecule has 1 N–H and O–H groups in total. The lowest BCUT2D eigenvalue weighted by Gasteiger charge is -2.33. The highest BCUT2D eigenvalue weighted by Gasteiger charge is 2.61. The molecule has 3 fully saturated rings. The Morgan fingerprint density at radius 1 is 1.16 bits per heavy atom. The van der Waals surface area contributed by atoms with Gasteiger partial charge in [-0.2, -0.15) is 0 Å². The molecular weight excluding hydrogens is 570 g/mol. The number of amides is 2. The molecule has 1 aromatic carbocycles. The fourth-order valence-electron chi connectivity index (χ4n) is 6.12. The van der Waals surface area contributed by atoms with E-state index in [1.54, 1.807) is 18.2 Å². The smallest absolute Gasteiger partial charge is 0.243 e. The van der Waals surface area contributed by atoms with Crippen LogP contribution in [-0.4, -0.2) is 78.2 Å². The highest BCUT2D eigenvalue weighted by atomic mass is 32.2. The largest absolute Gasteiger partial charge is 0.496 e. The van der Waals surface area contributed by atoms with E-state index in [4.69, 9.17) is 9.47 Å². The number of likely N-dealkylation sites (tertiary alicyclic amines) is 1. The number of nitrogens with zero attached hydrogens (tertiary/aromatic N) is 2. The number of nitrogens with one attached hydrogen (secondary N) is 1. The number of pyridine rings is 1. The van der Waals surface area contributed by atoms with Crippen LogP contribution in [0.5, 0.6) is 11.6 Å². The molecule has 0 radical (unpaired) electrons. The summed E-state index contributed by atoms with van der Waals surface area (Å²) >= 11 is 0. The molecule has 5 atom stereocenters. The van der Waals surface area contributed by atoms with Crippen LogP contribution >= 0.6 is 0 Å². The van der Waals surface area contributed by atoms with Crippen molar-refractivity contribution in [3.05, 3.63) is 30.5 Å². The predicted molar refractivity (Wildman–Crippen MR) is 163 cm³/mol. The normalized spacial score (nSPS) is 26.2. The first-order valence-electron chi connectivity index (χ1n) is 15.2. The van der Waals surface area contributed by atoms with Gasteiger partial charge in [0.1, 0.15) is 29.2 Å². The molecule has 1 aromatic heterocycles. The second kappa shape index (κ2) is 11.4. The number of ether oxygens (including phenoxy) is 2. The first-order chi connectivity index (χ1) is 20.2. The fourth-order valence-corrected chi connectivity index (χ4v) is 7.83. The molecule has 2 amide bonds. The van der Waals surface area contributed by atoms with Crippen LogP contribution in [-0.2, 0) is 24.2 Å². The zero-order valence-corrected chi connectivity index (χ0v) is 26.7. The van der Waals surface area contributed by atoms with Gasteiger partial charge in [-0.15, -0.1) is 0 Å². The van der Waals surface area contributed by atoms with E-state index in [1.165, 1.54) is 0 Å². The Kier molecular flexibility index (Phi) is 8.26. The summed E-state index contributed by atoms with van der Waals surface area (Å²) in [7, 11) is -1.94. The van der Waals surface area contributed by atoms with Crippen LogP contribution in [0.4, 0.5) is 0 Å². The second-order valence-electron chi connectivity index (χ2n) is 13.4. The van der Waals surface area contributed by atoms with E-state index in [-0.39, 0.29) is 36.1 Å². The maximum absolute atomic E-state index is 14.0. The summed E-state index contributed by atoms with van der Waals surface area (Å²) in [5, 5.41) is 4.08. The van der Waals surface area contributed by atoms with E-state index in [1.807, 2.05) is 58.9 Å². The lowest BCUT2D eigenvalue weighted by atomic mass is 9.81. The van der Waals surface area contributed by atoms with Gasteiger partial charge in [0.15, 0.2) is 15.6 Å². The number of fused-ring (bicyclic) bond motifs is 1. The Bertz CT molecular complexity index is 1530. The van der Waals surface area contributed by atoms with E-state index in [0.717, 1.165) is 10.8 Å². The Labute approximate surface area is 253 Å². The lowest BCUT2D eigenvalue weighted by Crippen LogP contribution is -2.55. The summed E-state index contributed by atoms with van der Waals surface area (Å²) in [6.45, 7) is 9.89. The molecule has 1 saturated heterocycles. The summed E-state index contributed by atoms with van der Waals surface area (Å²) < 4.78 is 37.2. The fraction of sp³-hybridized carbons (Fsp3) is 0.625. The molecule has 2 heterocycles. The quantitative estimate of drug-likeness (QED) is 0.406. The second-order valence-corrected chi connectivity index (χ2v) is 15.7. The van der Waals surface area contributed by atoms with Crippen LogP contribution in [0.25, 0.3) is 10.8 Å². The van der Waals surface area contributed by atoms with Crippen LogP contribution in [0, 0.1) is 17.3 Å². The van der Waals surface area contributed by atoms with Crippen molar-refractivity contribution in [3.63, 3.8) is 0 Å². The number of rotatable bonds is 11. The molecule has 2 aliphatic carbocycles. The van der Waals surface area contributed by atoms with Crippen molar-refractivity contribution in [1.29, 1.82) is 0 Å². The van der Waals surface area contributed by atoms with Crippen molar-refractivity contribution in [3.8, 4) is 11.6 Å². The first-order valence-corrected chi connectivity index (χ1v) is 16.9. The number of carbonyl (C=O) groups excluding carboxylic acids is 3. The summed E-state index contributed by atoms with van der Waals surface area (Å²) in [5.41, 5.74) is -1.56. The van der Waals surface area contributed by atoms with Gasteiger partial charge in [-0.1, -0.05) is 47.1 Å². The zero-order valence-electron chi connectivity index (χ0n) is 25.9. The number of carbonyl (C=O) groups is 3. The molecule has 3 aliphatic rings. The van der Waals surface area contributed by atoms with Gasteiger partial charge >= 0.3 is 0 Å². The number of sulfone groups is 1. The van der Waals surface area contributed by atoms with E-state index < -0.39 is 50.2 Å². The minimum absolute atomic E-state index is 0.140. The maximum atomic E-state index is 14.0. The van der Waals surface area contributed by atoms with Crippen molar-refractivity contribution < 1.29 is 32.3 Å². The van der Waals surface area contributed by atoms with Gasteiger partial charge in [0, 0.05) is 29.3 Å². The Morgan fingerprint density at radius 3 is 2.49 bits per heavy atom. The van der Waals surface area contributed by atoms with Gasteiger partial charge in [0.2, 0.25) is 17.7 Å². The number of hydrogen-bond donors (Lipinski definition) is 1. The predicted octanol–water partition coefficient (Wildman–Crippen LogP) is 3.71. The van der Waals surface area contributed by atoms with Crippen molar-refractivity contribution in [2.45, 2.75) is 89.7 Å². The molecule has 2 aromatic rings. The number of hydrogen-bond acceptors (Lipinski definition) is 8. The molecule has 0 unspecified atom stereocenters. The van der Waals surface area contributed by atoms with Crippen molar-refractivity contribution >= 4 is 38.2 Å². The third kappa shape index (κ3) is 6.10. The minimum atomic E-state index is -3.54. The monoisotopic (exact) mass is 613 g/mol. The summed E-state index contributed by atoms with van der Waals surface area (Å²) in [6.07, 6.45) is 3.50. The van der Waals surface area contributed by atoms with Crippen LogP contribution in [0.1, 0.15) is 66.7 Å². The number of methoxy groups -OCH3 is 1. The molecule has 234 valence electrons. The SMILES string of the molecule is CC[C@@H]1C[C@]1(NC(=O)[C@@H]1C[C@@H](Oc2nccc3c(OC)cccc23)CN1C(=O)[C@@H](C)C(C)(C)C)C(=O)CS(=O)(=O)C1CC1. The Hall–Kier alpha value is -3.21. The molecule has 5 rings (SSSR count). The van der Waals surface area contributed by atoms with Crippen LogP contribution in [0.15, 0.2) is 30.5 Å². The average molecular weight is 614 g/mol. The van der Waals surface area contributed by atoms with E-state index in [0.29, 0.717) is 37.3 Å². The molecule has 0 spiro atoms. The van der Waals surface area contributed by atoms with E-state index >= 15 is 0 Å². The third-order valence-electron chi connectivity index (χ3n) is 9.55. The van der Waals surface area contributed by atoms with Gasteiger partial charge in [-0.3, -0.25) is 14.4 Å². The Balaban J connectivity index is 1.40. The van der Waals surface area contributed by atoms with Crippen LogP contribution in [0.3, 0.4) is 0 Å². The molecule has 43 heavy (non-hydrogen) atoms. The number of aromatic nitrogens is 1. The third-order valence-corrected chi connectivity index (χ3v) is 11.7. The van der Waals surface area contributed by atoms with Gasteiger partial charge in [-0.25, -0.2) is 13.4 Å². The van der Waals surface area contributed by atoms with Gasteiger partial charge in [0.25, 0.3) is 0 Å². The molecule has 10 nitrogen and oxygen atoms in total. The standard InChI is InChI=1S/C32H43N3O7S/c1-7-20-16-32(20,27(36)18-43(39,40)22-11-12-22)34-28(37)25-15-21(17-35(25)30(38)19(2)31(3,4)5)42-29-24-9-8-10-26(41-6)23(24)13-14-33-29/h8-10,13-14,19-22,25H,7,11-12,15-18H2,1-6H3,(H,34,37)/t19-,20-,21-,25+,32-/m1/s1. The molecular formula is C32H43N3O7S. The topological polar surface area (TPSA) is 132 Å². The molecule has 2 saturated carbocycles. The molecule has 11 heteroatoms. The summed E-state index contributed by atoms with van der Waals surface area (Å²) in [4.78, 5) is 47.2. The highest BCUT2D eigenvalue weighted by Crippen LogP contribution is 2.48. The van der Waals surface area contributed by atoms with Crippen molar-refractivity contribution in [2.75, 3.05) is 19.4 Å². The minimum Gasteiger partial charge on any atom is -0.496 e. The molecule has 0 bridgehead atoms. The molecule has 1 aliphatic heterocycles. The van der Waals surface area contributed by atoms with Gasteiger partial charge in [-0.05, 0) is 48.8 Å². The first kappa shape index (κ1) is 31.2. The number of ketones is 1. The van der Waals surface area contributed by atoms with Crippen molar-refractivity contribution in [2.24, 2.45) is 17.3 Å². The van der Waals surface area contributed by atoms with E-state index in [9.17, 15) is 22.8 Å². The van der Waals surface area contributed by atoms with Gasteiger partial charge < -0.3 is 19.7 Å². The van der Waals surface area contributed by atoms with Crippen LogP contribution in [0.2, 0.25) is 0 Å². The Morgan fingerprint density at radius 2 is 1.88 bits per heavy atom. The van der Waals surface area contributed by atoms with E-state index in [2.05, 4.69) is 10.3 Å². The maximum Gasteiger partial charge on any atom is 0.243 e. The summed E-state index contributed by atoms with van der Waals surface area (Å²) in [6, 6.07) is 6.54. The number of benzene rings is 1. The average Bonchev–Trinajstić information content (AvgIpc) is 3.88. The lowest BCUT2D eigenvalue weighted by molar-refractivity contribution is -0.144. The number of Topliss-reactive ketones (excluding diaryl/α,β-unsaturated/α-hetero) is 1. The van der Waals surface area contributed by atoms with Crippen LogP contribution < -0.4 is 14.8 Å². The summed E-state index contributed by atoms with van der Waals surface area (Å²) in [5.74, 6) is -1.12. The van der Waals surface area contributed by atoms with Gasteiger partial charge in [0.05, 0.1) is 18.9 Å². The highest BCUT2D eigenvalue weighted by molar-refractivity contribution is 7.93. The zero-order chi connectivity index (χ0) is 31.3. The van der Waals surface area contributed by atoms with Crippen molar-refractivity contribution in [1.82, 2.24) is 15.2 Å².